The van der Waals surface area contributed by atoms with Crippen molar-refractivity contribution in [1.82, 2.24) is 5.43 Å². The van der Waals surface area contributed by atoms with Crippen molar-refractivity contribution < 1.29 is 4.79 Å². The number of benzene rings is 2. The van der Waals surface area contributed by atoms with Crippen LogP contribution in [0.25, 0.3) is 0 Å². The molecule has 0 radical (unpaired) electrons. The lowest BCUT2D eigenvalue weighted by Gasteiger charge is -2.02. The minimum Gasteiger partial charge on any atom is -0.267 e. The summed E-state index contributed by atoms with van der Waals surface area (Å²) < 4.78 is 0. The van der Waals surface area contributed by atoms with Gasteiger partial charge in [0, 0.05) is 17.7 Å². The quantitative estimate of drug-likeness (QED) is 0.674. The van der Waals surface area contributed by atoms with Crippen LogP contribution in [0.1, 0.15) is 15.9 Å². The fourth-order valence-corrected chi connectivity index (χ4v) is 2.10. The minimum absolute atomic E-state index is 0.299. The molecule has 0 unspecified atom stereocenters. The highest BCUT2D eigenvalue weighted by atomic mass is 35.5. The molecule has 0 aliphatic carbocycles. The van der Waals surface area contributed by atoms with Gasteiger partial charge in [-0.1, -0.05) is 53.5 Å². The largest absolute Gasteiger partial charge is 0.272 e. The Hall–Kier alpha value is -1.84. The van der Waals surface area contributed by atoms with E-state index in [2.05, 4.69) is 10.5 Å². The Morgan fingerprint density at radius 1 is 1.15 bits per heavy atom. The van der Waals surface area contributed by atoms with Crippen LogP contribution in [-0.4, -0.2) is 12.1 Å². The summed E-state index contributed by atoms with van der Waals surface area (Å²) in [5.74, 6) is -0.365. The molecule has 20 heavy (non-hydrogen) atoms. The molecule has 5 heteroatoms. The molecule has 0 aliphatic heterocycles. The molecule has 0 fully saturated rings. The van der Waals surface area contributed by atoms with Crippen LogP contribution in [0.3, 0.4) is 0 Å². The summed E-state index contributed by atoms with van der Waals surface area (Å²) in [6, 6.07) is 14.5. The van der Waals surface area contributed by atoms with Crippen molar-refractivity contribution in [3.05, 3.63) is 69.7 Å². The highest BCUT2D eigenvalue weighted by Gasteiger charge is 2.09. The Labute approximate surface area is 127 Å². The molecule has 0 heterocycles. The average molecular weight is 307 g/mol. The van der Waals surface area contributed by atoms with E-state index in [1.54, 1.807) is 18.3 Å². The van der Waals surface area contributed by atoms with Crippen molar-refractivity contribution in [2.45, 2.75) is 6.42 Å². The fraction of sp³-hybridized carbons (Fsp3) is 0.0667. The normalized spacial score (nSPS) is 10.7. The van der Waals surface area contributed by atoms with Gasteiger partial charge in [-0.2, -0.15) is 5.10 Å². The van der Waals surface area contributed by atoms with Crippen LogP contribution in [0.2, 0.25) is 10.0 Å². The average Bonchev–Trinajstić information content (AvgIpc) is 2.44. The van der Waals surface area contributed by atoms with Crippen LogP contribution in [0, 0.1) is 0 Å². The number of rotatable bonds is 4. The zero-order valence-electron chi connectivity index (χ0n) is 10.5. The molecular formula is C15H12Cl2N2O. The van der Waals surface area contributed by atoms with Gasteiger partial charge in [-0.25, -0.2) is 5.43 Å². The predicted molar refractivity (Wildman–Crippen MR) is 82.6 cm³/mol. The third kappa shape index (κ3) is 4.08. The molecule has 0 bridgehead atoms. The topological polar surface area (TPSA) is 41.5 Å². The van der Waals surface area contributed by atoms with Crippen LogP contribution in [0.5, 0.6) is 0 Å². The van der Waals surface area contributed by atoms with Crippen molar-refractivity contribution in [3.63, 3.8) is 0 Å². The first-order valence-electron chi connectivity index (χ1n) is 5.97. The molecule has 102 valence electrons. The van der Waals surface area contributed by atoms with E-state index >= 15 is 0 Å². The van der Waals surface area contributed by atoms with Gasteiger partial charge < -0.3 is 0 Å². The highest BCUT2D eigenvalue weighted by Crippen LogP contribution is 2.20. The first-order chi connectivity index (χ1) is 9.66. The molecule has 1 amide bonds. The lowest BCUT2D eigenvalue weighted by Crippen LogP contribution is -2.18. The van der Waals surface area contributed by atoms with Crippen LogP contribution in [0.15, 0.2) is 53.6 Å². The van der Waals surface area contributed by atoms with E-state index in [1.807, 2.05) is 30.3 Å². The molecule has 0 aromatic heterocycles. The molecule has 2 aromatic carbocycles. The van der Waals surface area contributed by atoms with Crippen molar-refractivity contribution in [1.29, 1.82) is 0 Å². The molecule has 0 atom stereocenters. The maximum Gasteiger partial charge on any atom is 0.272 e. The molecular weight excluding hydrogens is 295 g/mol. The molecule has 2 aromatic rings. The number of nitrogens with zero attached hydrogens (tertiary/aromatic N) is 1. The van der Waals surface area contributed by atoms with E-state index in [0.717, 1.165) is 5.56 Å². The summed E-state index contributed by atoms with van der Waals surface area (Å²) in [7, 11) is 0. The monoisotopic (exact) mass is 306 g/mol. The van der Waals surface area contributed by atoms with Crippen LogP contribution >= 0.6 is 23.2 Å². The number of carbonyl (C=O) groups is 1. The molecule has 3 nitrogen and oxygen atoms in total. The second-order valence-corrected chi connectivity index (χ2v) is 4.91. The lowest BCUT2D eigenvalue weighted by molar-refractivity contribution is 0.0955. The van der Waals surface area contributed by atoms with E-state index in [9.17, 15) is 4.79 Å². The standard InChI is InChI=1S/C15H12Cl2N2O/c16-12-6-7-13(14(17)10-12)15(20)19-18-9-8-11-4-2-1-3-5-11/h1-7,9-10H,8H2,(H,19,20). The van der Waals surface area contributed by atoms with Gasteiger partial charge in [0.05, 0.1) is 10.6 Å². The zero-order valence-corrected chi connectivity index (χ0v) is 12.0. The molecule has 0 aliphatic rings. The van der Waals surface area contributed by atoms with E-state index in [-0.39, 0.29) is 5.91 Å². The smallest absolute Gasteiger partial charge is 0.267 e. The van der Waals surface area contributed by atoms with Crippen LogP contribution in [-0.2, 0) is 6.42 Å². The molecule has 0 saturated carbocycles. The summed E-state index contributed by atoms with van der Waals surface area (Å²) in [5.41, 5.74) is 3.89. The number of hydrogen-bond acceptors (Lipinski definition) is 2. The van der Waals surface area contributed by atoms with E-state index in [1.165, 1.54) is 6.07 Å². The van der Waals surface area contributed by atoms with Gasteiger partial charge in [0.25, 0.3) is 5.91 Å². The molecule has 0 spiro atoms. The van der Waals surface area contributed by atoms with Crippen molar-refractivity contribution in [2.75, 3.05) is 0 Å². The third-order valence-corrected chi connectivity index (χ3v) is 3.15. The molecule has 2 rings (SSSR count). The number of carbonyl (C=O) groups excluding carboxylic acids is 1. The number of nitrogens with one attached hydrogen (secondary N) is 1. The van der Waals surface area contributed by atoms with Gasteiger partial charge in [-0.05, 0) is 23.8 Å². The summed E-state index contributed by atoms with van der Waals surface area (Å²) in [6.45, 7) is 0. The van der Waals surface area contributed by atoms with E-state index < -0.39 is 0 Å². The molecule has 1 N–H and O–H groups in total. The van der Waals surface area contributed by atoms with E-state index in [4.69, 9.17) is 23.2 Å². The summed E-state index contributed by atoms with van der Waals surface area (Å²) in [6.07, 6.45) is 2.28. The van der Waals surface area contributed by atoms with Gasteiger partial charge in [0.2, 0.25) is 0 Å². The molecule has 0 saturated heterocycles. The summed E-state index contributed by atoms with van der Waals surface area (Å²) in [5, 5.41) is 4.67. The van der Waals surface area contributed by atoms with Gasteiger partial charge in [0.15, 0.2) is 0 Å². The Bertz CT molecular complexity index is 627. The predicted octanol–water partition coefficient (Wildman–Crippen LogP) is 3.95. The number of hydrazone groups is 1. The van der Waals surface area contributed by atoms with Crippen LogP contribution in [0.4, 0.5) is 0 Å². The first-order valence-corrected chi connectivity index (χ1v) is 6.73. The first kappa shape index (κ1) is 14.6. The SMILES string of the molecule is O=C(NN=CCc1ccccc1)c1ccc(Cl)cc1Cl. The summed E-state index contributed by atoms with van der Waals surface area (Å²) in [4.78, 5) is 11.8. The summed E-state index contributed by atoms with van der Waals surface area (Å²) >= 11 is 11.7. The van der Waals surface area contributed by atoms with Crippen molar-refractivity contribution in [2.24, 2.45) is 5.10 Å². The Morgan fingerprint density at radius 2 is 1.90 bits per heavy atom. The van der Waals surface area contributed by atoms with Gasteiger partial charge in [-0.15, -0.1) is 0 Å². The maximum absolute atomic E-state index is 11.8. The van der Waals surface area contributed by atoms with Gasteiger partial charge in [0.1, 0.15) is 0 Å². The van der Waals surface area contributed by atoms with Gasteiger partial charge in [-0.3, -0.25) is 4.79 Å². The number of amides is 1. The van der Waals surface area contributed by atoms with Gasteiger partial charge >= 0.3 is 0 Å². The van der Waals surface area contributed by atoms with Crippen molar-refractivity contribution in [3.8, 4) is 0 Å². The zero-order chi connectivity index (χ0) is 14.4. The van der Waals surface area contributed by atoms with Crippen molar-refractivity contribution >= 4 is 35.3 Å². The maximum atomic E-state index is 11.8. The highest BCUT2D eigenvalue weighted by molar-refractivity contribution is 6.36. The third-order valence-electron chi connectivity index (χ3n) is 2.60. The lowest BCUT2D eigenvalue weighted by atomic mass is 10.2. The Balaban J connectivity index is 1.92. The second kappa shape index (κ2) is 7.08. The Kier molecular flexibility index (Phi) is 5.16. The minimum atomic E-state index is -0.365. The Morgan fingerprint density at radius 3 is 2.60 bits per heavy atom. The number of halogens is 2. The van der Waals surface area contributed by atoms with E-state index in [0.29, 0.717) is 22.0 Å². The number of hydrogen-bond donors (Lipinski definition) is 1. The van der Waals surface area contributed by atoms with Crippen LogP contribution < -0.4 is 5.43 Å². The fourth-order valence-electron chi connectivity index (χ4n) is 1.60. The second-order valence-electron chi connectivity index (χ2n) is 4.07.